The van der Waals surface area contributed by atoms with E-state index in [9.17, 15) is 19.2 Å². The van der Waals surface area contributed by atoms with Crippen LogP contribution in [-0.4, -0.2) is 54.5 Å². The molecule has 1 aliphatic rings. The number of ether oxygens (including phenoxy) is 1. The number of hydrogen-bond acceptors (Lipinski definition) is 5. The lowest BCUT2D eigenvalue weighted by atomic mass is 9.97. The molecule has 0 radical (unpaired) electrons. The molecule has 4 amide bonds. The van der Waals surface area contributed by atoms with Gasteiger partial charge in [0, 0.05) is 11.0 Å². The van der Waals surface area contributed by atoms with Crippen LogP contribution in [0.15, 0.2) is 22.7 Å². The Morgan fingerprint density at radius 2 is 2.03 bits per heavy atom. The quantitative estimate of drug-likeness (QED) is 0.548. The average Bonchev–Trinajstić information content (AvgIpc) is 3.21. The lowest BCUT2D eigenvalue weighted by molar-refractivity contribution is -0.139. The van der Waals surface area contributed by atoms with E-state index in [-0.39, 0.29) is 23.1 Å². The van der Waals surface area contributed by atoms with Crippen LogP contribution in [0.5, 0.6) is 0 Å². The lowest BCUT2D eigenvalue weighted by Gasteiger charge is -2.31. The highest BCUT2D eigenvalue weighted by Gasteiger charge is 2.39. The van der Waals surface area contributed by atoms with E-state index < -0.39 is 30.0 Å². The van der Waals surface area contributed by atoms with Gasteiger partial charge in [0.1, 0.15) is 12.1 Å². The Labute approximate surface area is 183 Å². The minimum Gasteiger partial charge on any atom is -0.453 e. The standard InChI is InChI=1S/C20H27BrN4O5/c1-4-11(2)16(24-20(29)30-3)19(28)25-9-5-6-15(25)18(27)23-14-8-7-12(21)10-13(14)17(22)26/h7-8,10-11,15-16H,4-6,9H2,1-3H3,(H2,22,26)(H,23,27)(H,24,29)/t11?,15-,16-/m0/s1. The van der Waals surface area contributed by atoms with E-state index in [0.29, 0.717) is 30.3 Å². The highest BCUT2D eigenvalue weighted by Crippen LogP contribution is 2.25. The van der Waals surface area contributed by atoms with Crippen LogP contribution in [0.1, 0.15) is 43.5 Å². The summed E-state index contributed by atoms with van der Waals surface area (Å²) < 4.78 is 5.29. The number of nitrogens with one attached hydrogen (secondary N) is 2. The Balaban J connectivity index is 2.21. The first-order valence-corrected chi connectivity index (χ1v) is 10.5. The third kappa shape index (κ3) is 5.50. The summed E-state index contributed by atoms with van der Waals surface area (Å²) in [7, 11) is 1.23. The van der Waals surface area contributed by atoms with Crippen molar-refractivity contribution in [2.24, 2.45) is 11.7 Å². The van der Waals surface area contributed by atoms with Gasteiger partial charge in [-0.1, -0.05) is 36.2 Å². The van der Waals surface area contributed by atoms with Crippen molar-refractivity contribution in [3.63, 3.8) is 0 Å². The smallest absolute Gasteiger partial charge is 0.407 e. The number of alkyl carbamates (subject to hydrolysis) is 1. The number of rotatable bonds is 7. The third-order valence-corrected chi connectivity index (χ3v) is 5.77. The summed E-state index contributed by atoms with van der Waals surface area (Å²) in [6.07, 6.45) is 1.09. The number of hydrogen-bond donors (Lipinski definition) is 3. The monoisotopic (exact) mass is 482 g/mol. The topological polar surface area (TPSA) is 131 Å². The van der Waals surface area contributed by atoms with Crippen LogP contribution in [0.3, 0.4) is 0 Å². The fourth-order valence-corrected chi connectivity index (χ4v) is 3.76. The van der Waals surface area contributed by atoms with Gasteiger partial charge in [0.15, 0.2) is 0 Å². The first kappa shape index (κ1) is 23.7. The van der Waals surface area contributed by atoms with Crippen molar-refractivity contribution in [2.75, 3.05) is 19.0 Å². The Kier molecular flexibility index (Phi) is 8.22. The SMILES string of the molecule is CCC(C)[C@H](NC(=O)OC)C(=O)N1CCC[C@H]1C(=O)Nc1ccc(Br)cc1C(N)=O. The second-order valence-corrected chi connectivity index (χ2v) is 8.15. The number of carbonyl (C=O) groups is 4. The van der Waals surface area contributed by atoms with Crippen molar-refractivity contribution < 1.29 is 23.9 Å². The number of methoxy groups -OCH3 is 1. The van der Waals surface area contributed by atoms with Crippen LogP contribution in [0, 0.1) is 5.92 Å². The largest absolute Gasteiger partial charge is 0.453 e. The van der Waals surface area contributed by atoms with Crippen molar-refractivity contribution in [1.82, 2.24) is 10.2 Å². The van der Waals surface area contributed by atoms with Gasteiger partial charge in [-0.05, 0) is 37.0 Å². The van der Waals surface area contributed by atoms with Crippen molar-refractivity contribution in [3.8, 4) is 0 Å². The molecule has 1 fully saturated rings. The van der Waals surface area contributed by atoms with E-state index in [1.165, 1.54) is 18.1 Å². The summed E-state index contributed by atoms with van der Waals surface area (Å²) in [6, 6.07) is 3.26. The lowest BCUT2D eigenvalue weighted by Crippen LogP contribution is -2.54. The number of amides is 4. The normalized spacial score (nSPS) is 17.7. The van der Waals surface area contributed by atoms with E-state index in [2.05, 4.69) is 31.3 Å². The van der Waals surface area contributed by atoms with Gasteiger partial charge >= 0.3 is 6.09 Å². The summed E-state index contributed by atoms with van der Waals surface area (Å²) in [5.74, 6) is -1.57. The van der Waals surface area contributed by atoms with Gasteiger partial charge in [0.05, 0.1) is 18.4 Å². The molecule has 1 aromatic carbocycles. The molecule has 30 heavy (non-hydrogen) atoms. The third-order valence-electron chi connectivity index (χ3n) is 5.28. The molecule has 1 unspecified atom stereocenters. The maximum Gasteiger partial charge on any atom is 0.407 e. The fourth-order valence-electron chi connectivity index (χ4n) is 3.40. The van der Waals surface area contributed by atoms with Crippen molar-refractivity contribution >= 4 is 45.4 Å². The second kappa shape index (κ2) is 10.4. The van der Waals surface area contributed by atoms with Gasteiger partial charge in [0.25, 0.3) is 5.91 Å². The van der Waals surface area contributed by atoms with Gasteiger partial charge in [-0.2, -0.15) is 0 Å². The summed E-state index contributed by atoms with van der Waals surface area (Å²) in [4.78, 5) is 51.0. The molecule has 10 heteroatoms. The van der Waals surface area contributed by atoms with E-state index in [1.807, 2.05) is 13.8 Å². The van der Waals surface area contributed by atoms with Crippen LogP contribution in [0.2, 0.25) is 0 Å². The van der Waals surface area contributed by atoms with Crippen molar-refractivity contribution in [3.05, 3.63) is 28.2 Å². The zero-order chi connectivity index (χ0) is 22.4. The molecule has 4 N–H and O–H groups in total. The Hall–Kier alpha value is -2.62. The van der Waals surface area contributed by atoms with Gasteiger partial charge in [-0.15, -0.1) is 0 Å². The maximum absolute atomic E-state index is 13.2. The molecule has 0 saturated carbocycles. The first-order chi connectivity index (χ1) is 14.2. The van der Waals surface area contributed by atoms with Crippen LogP contribution in [0.25, 0.3) is 0 Å². The van der Waals surface area contributed by atoms with Crippen LogP contribution < -0.4 is 16.4 Å². The molecule has 0 bridgehead atoms. The highest BCUT2D eigenvalue weighted by molar-refractivity contribution is 9.10. The average molecular weight is 483 g/mol. The molecule has 1 heterocycles. The number of anilines is 1. The van der Waals surface area contributed by atoms with Gasteiger partial charge in [0.2, 0.25) is 11.8 Å². The number of carbonyl (C=O) groups excluding carboxylic acids is 4. The molecule has 0 spiro atoms. The number of nitrogens with two attached hydrogens (primary N) is 1. The van der Waals surface area contributed by atoms with Gasteiger partial charge in [-0.3, -0.25) is 14.4 Å². The second-order valence-electron chi connectivity index (χ2n) is 7.23. The molecule has 164 valence electrons. The Morgan fingerprint density at radius 3 is 2.63 bits per heavy atom. The molecule has 3 atom stereocenters. The van der Waals surface area contributed by atoms with E-state index in [1.54, 1.807) is 12.1 Å². The molecule has 9 nitrogen and oxygen atoms in total. The Morgan fingerprint density at radius 1 is 1.33 bits per heavy atom. The number of halogens is 1. The fraction of sp³-hybridized carbons (Fsp3) is 0.500. The van der Waals surface area contributed by atoms with Crippen molar-refractivity contribution in [1.29, 1.82) is 0 Å². The minimum atomic E-state index is -0.801. The first-order valence-electron chi connectivity index (χ1n) is 9.74. The molecule has 0 aromatic heterocycles. The van der Waals surface area contributed by atoms with Crippen LogP contribution >= 0.6 is 15.9 Å². The summed E-state index contributed by atoms with van der Waals surface area (Å²) in [5, 5.41) is 5.30. The Bertz CT molecular complexity index is 831. The number of likely N-dealkylation sites (tertiary alicyclic amines) is 1. The molecular formula is C20H27BrN4O5. The van der Waals surface area contributed by atoms with Crippen LogP contribution in [0.4, 0.5) is 10.5 Å². The van der Waals surface area contributed by atoms with E-state index in [0.717, 1.165) is 0 Å². The van der Waals surface area contributed by atoms with Crippen molar-refractivity contribution in [2.45, 2.75) is 45.2 Å². The summed E-state index contributed by atoms with van der Waals surface area (Å²) in [6.45, 7) is 4.16. The predicted octanol–water partition coefficient (Wildman–Crippen LogP) is 2.25. The number of primary amides is 1. The zero-order valence-electron chi connectivity index (χ0n) is 17.2. The highest BCUT2D eigenvalue weighted by atomic mass is 79.9. The van der Waals surface area contributed by atoms with E-state index in [4.69, 9.17) is 5.73 Å². The number of benzene rings is 1. The predicted molar refractivity (Wildman–Crippen MR) is 115 cm³/mol. The maximum atomic E-state index is 13.2. The summed E-state index contributed by atoms with van der Waals surface area (Å²) >= 11 is 3.27. The molecule has 1 aromatic rings. The van der Waals surface area contributed by atoms with E-state index >= 15 is 0 Å². The molecule has 2 rings (SSSR count). The summed E-state index contributed by atoms with van der Waals surface area (Å²) in [5.41, 5.74) is 5.85. The molecule has 0 aliphatic carbocycles. The van der Waals surface area contributed by atoms with Gasteiger partial charge < -0.3 is 26.0 Å². The number of nitrogens with zero attached hydrogens (tertiary/aromatic N) is 1. The van der Waals surface area contributed by atoms with Gasteiger partial charge in [-0.25, -0.2) is 4.79 Å². The molecule has 1 aliphatic heterocycles. The molecule has 1 saturated heterocycles. The molecular weight excluding hydrogens is 456 g/mol. The van der Waals surface area contributed by atoms with Crippen LogP contribution in [-0.2, 0) is 14.3 Å². The minimum absolute atomic E-state index is 0.145. The zero-order valence-corrected chi connectivity index (χ0v) is 18.8.